The van der Waals surface area contributed by atoms with E-state index in [4.69, 9.17) is 4.52 Å². The van der Waals surface area contributed by atoms with Crippen molar-refractivity contribution in [1.82, 2.24) is 15.1 Å². The number of hydrogen-bond acceptors (Lipinski definition) is 6. The van der Waals surface area contributed by atoms with E-state index in [9.17, 15) is 0 Å². The summed E-state index contributed by atoms with van der Waals surface area (Å²) in [5.74, 6) is 4.03. The number of nitrogens with zero attached hydrogens (tertiary/aromatic N) is 3. The molecule has 6 heteroatoms. The largest absolute Gasteiger partial charge is 0.373 e. The molecule has 106 valence electrons. The Kier molecular flexibility index (Phi) is 3.30. The lowest BCUT2D eigenvalue weighted by Crippen LogP contribution is -2.09. The van der Waals surface area contributed by atoms with Gasteiger partial charge in [-0.05, 0) is 26.7 Å². The lowest BCUT2D eigenvalue weighted by atomic mass is 10.2. The summed E-state index contributed by atoms with van der Waals surface area (Å²) in [4.78, 5) is 9.22. The molecule has 0 aliphatic heterocycles. The fraction of sp³-hybridized carbons (Fsp3) is 0.500. The molecule has 2 aromatic heterocycles. The van der Waals surface area contributed by atoms with Gasteiger partial charge in [-0.15, -0.1) is 0 Å². The Morgan fingerprint density at radius 3 is 2.60 bits per heavy atom. The van der Waals surface area contributed by atoms with Crippen molar-refractivity contribution in [2.24, 2.45) is 0 Å². The van der Waals surface area contributed by atoms with Crippen molar-refractivity contribution in [1.29, 1.82) is 0 Å². The molecular weight excluding hydrogens is 254 g/mol. The van der Waals surface area contributed by atoms with Gasteiger partial charge in [0.25, 0.3) is 0 Å². The van der Waals surface area contributed by atoms with Crippen LogP contribution < -0.4 is 10.6 Å². The summed E-state index contributed by atoms with van der Waals surface area (Å²) in [6, 6.07) is 1.92. The molecule has 2 heterocycles. The smallest absolute Gasteiger partial charge is 0.136 e. The molecule has 1 aliphatic rings. The maximum absolute atomic E-state index is 5.06. The van der Waals surface area contributed by atoms with Crippen molar-refractivity contribution in [3.05, 3.63) is 28.9 Å². The second kappa shape index (κ2) is 5.11. The minimum Gasteiger partial charge on any atom is -0.373 e. The first-order valence-corrected chi connectivity index (χ1v) is 6.89. The Labute approximate surface area is 118 Å². The third-order valence-corrected chi connectivity index (χ3v) is 3.46. The van der Waals surface area contributed by atoms with Gasteiger partial charge in [0.05, 0.1) is 6.54 Å². The van der Waals surface area contributed by atoms with Crippen molar-refractivity contribution in [2.75, 3.05) is 17.7 Å². The van der Waals surface area contributed by atoms with E-state index in [1.54, 1.807) is 0 Å². The van der Waals surface area contributed by atoms with Crippen LogP contribution in [0.4, 0.5) is 11.6 Å². The zero-order valence-corrected chi connectivity index (χ0v) is 12.0. The predicted molar refractivity (Wildman–Crippen MR) is 76.9 cm³/mol. The second-order valence-electron chi connectivity index (χ2n) is 5.21. The predicted octanol–water partition coefficient (Wildman–Crippen LogP) is 2.61. The third kappa shape index (κ3) is 2.59. The first-order chi connectivity index (χ1) is 9.67. The van der Waals surface area contributed by atoms with Gasteiger partial charge in [0.2, 0.25) is 0 Å². The molecule has 0 aromatic carbocycles. The van der Waals surface area contributed by atoms with Crippen LogP contribution in [0.3, 0.4) is 0 Å². The molecular formula is C14H19N5O. The van der Waals surface area contributed by atoms with Crippen molar-refractivity contribution in [3.63, 3.8) is 0 Å². The summed E-state index contributed by atoms with van der Waals surface area (Å²) in [5, 5.41) is 10.4. The molecule has 0 amide bonds. The number of aromatic nitrogens is 3. The molecule has 1 fully saturated rings. The van der Waals surface area contributed by atoms with E-state index in [0.717, 1.165) is 34.5 Å². The average Bonchev–Trinajstić information content (AvgIpc) is 3.21. The van der Waals surface area contributed by atoms with Gasteiger partial charge in [0, 0.05) is 24.6 Å². The average molecular weight is 273 g/mol. The standard InChI is InChI=1S/C14H19N5O/c1-8-6-11(19-20-8)7-16-13-9(2)12(15-3)17-14(18-13)10-4-5-10/h6,10H,4-5,7H2,1-3H3,(H2,15,16,17,18). The Bertz CT molecular complexity index is 618. The van der Waals surface area contributed by atoms with Crippen LogP contribution in [0, 0.1) is 13.8 Å². The molecule has 20 heavy (non-hydrogen) atoms. The van der Waals surface area contributed by atoms with Gasteiger partial charge in [0.15, 0.2) is 0 Å². The Morgan fingerprint density at radius 1 is 1.25 bits per heavy atom. The van der Waals surface area contributed by atoms with E-state index in [-0.39, 0.29) is 0 Å². The zero-order valence-electron chi connectivity index (χ0n) is 12.0. The van der Waals surface area contributed by atoms with Gasteiger partial charge in [-0.1, -0.05) is 5.16 Å². The molecule has 0 saturated heterocycles. The molecule has 0 radical (unpaired) electrons. The molecule has 0 spiro atoms. The highest BCUT2D eigenvalue weighted by molar-refractivity contribution is 5.57. The van der Waals surface area contributed by atoms with Crippen LogP contribution in [-0.2, 0) is 6.54 Å². The van der Waals surface area contributed by atoms with Gasteiger partial charge in [0.1, 0.15) is 28.9 Å². The molecule has 2 N–H and O–H groups in total. The molecule has 0 unspecified atom stereocenters. The van der Waals surface area contributed by atoms with Gasteiger partial charge in [-0.2, -0.15) is 0 Å². The zero-order chi connectivity index (χ0) is 14.1. The number of nitrogens with one attached hydrogen (secondary N) is 2. The Balaban J connectivity index is 1.81. The first-order valence-electron chi connectivity index (χ1n) is 6.89. The highest BCUT2D eigenvalue weighted by Gasteiger charge is 2.28. The SMILES string of the molecule is CNc1nc(C2CC2)nc(NCc2cc(C)on2)c1C. The van der Waals surface area contributed by atoms with Crippen LogP contribution in [0.15, 0.2) is 10.6 Å². The number of rotatable bonds is 5. The summed E-state index contributed by atoms with van der Waals surface area (Å²) in [5.41, 5.74) is 1.90. The molecule has 3 rings (SSSR count). The van der Waals surface area contributed by atoms with Crippen LogP contribution >= 0.6 is 0 Å². The molecule has 0 atom stereocenters. The van der Waals surface area contributed by atoms with E-state index in [1.165, 1.54) is 12.8 Å². The van der Waals surface area contributed by atoms with E-state index < -0.39 is 0 Å². The quantitative estimate of drug-likeness (QED) is 0.872. The number of hydrogen-bond donors (Lipinski definition) is 2. The van der Waals surface area contributed by atoms with Crippen LogP contribution in [-0.4, -0.2) is 22.2 Å². The second-order valence-corrected chi connectivity index (χ2v) is 5.21. The third-order valence-electron chi connectivity index (χ3n) is 3.46. The van der Waals surface area contributed by atoms with Crippen LogP contribution in [0.25, 0.3) is 0 Å². The lowest BCUT2D eigenvalue weighted by molar-refractivity contribution is 0.391. The molecule has 0 bridgehead atoms. The lowest BCUT2D eigenvalue weighted by Gasteiger charge is -2.12. The number of aryl methyl sites for hydroxylation is 1. The molecule has 2 aromatic rings. The highest BCUT2D eigenvalue weighted by Crippen LogP contribution is 2.39. The number of anilines is 2. The van der Waals surface area contributed by atoms with E-state index in [1.807, 2.05) is 27.0 Å². The normalized spacial score (nSPS) is 14.3. The van der Waals surface area contributed by atoms with Gasteiger partial charge >= 0.3 is 0 Å². The minimum absolute atomic E-state index is 0.526. The van der Waals surface area contributed by atoms with Crippen LogP contribution in [0.1, 0.15) is 41.6 Å². The molecule has 6 nitrogen and oxygen atoms in total. The fourth-order valence-corrected chi connectivity index (χ4v) is 2.15. The van der Waals surface area contributed by atoms with Crippen molar-refractivity contribution < 1.29 is 4.52 Å². The minimum atomic E-state index is 0.526. The van der Waals surface area contributed by atoms with Gasteiger partial charge < -0.3 is 15.2 Å². The van der Waals surface area contributed by atoms with Crippen LogP contribution in [0.2, 0.25) is 0 Å². The topological polar surface area (TPSA) is 75.9 Å². The summed E-state index contributed by atoms with van der Waals surface area (Å²) < 4.78 is 5.06. The van der Waals surface area contributed by atoms with E-state index in [0.29, 0.717) is 12.5 Å². The fourth-order valence-electron chi connectivity index (χ4n) is 2.15. The van der Waals surface area contributed by atoms with Crippen molar-refractivity contribution >= 4 is 11.6 Å². The highest BCUT2D eigenvalue weighted by atomic mass is 16.5. The molecule has 1 saturated carbocycles. The summed E-state index contributed by atoms with van der Waals surface area (Å²) in [7, 11) is 1.89. The summed E-state index contributed by atoms with van der Waals surface area (Å²) in [6.07, 6.45) is 2.38. The van der Waals surface area contributed by atoms with Gasteiger partial charge in [-0.3, -0.25) is 0 Å². The Hall–Kier alpha value is -2.11. The first kappa shape index (κ1) is 12.9. The van der Waals surface area contributed by atoms with Crippen molar-refractivity contribution in [3.8, 4) is 0 Å². The van der Waals surface area contributed by atoms with E-state index >= 15 is 0 Å². The molecule has 1 aliphatic carbocycles. The summed E-state index contributed by atoms with van der Waals surface area (Å²) in [6.45, 7) is 4.50. The Morgan fingerprint density at radius 2 is 2.00 bits per heavy atom. The monoisotopic (exact) mass is 273 g/mol. The van der Waals surface area contributed by atoms with Gasteiger partial charge in [-0.25, -0.2) is 9.97 Å². The summed E-state index contributed by atoms with van der Waals surface area (Å²) >= 11 is 0. The van der Waals surface area contributed by atoms with E-state index in [2.05, 4.69) is 25.8 Å². The van der Waals surface area contributed by atoms with Crippen molar-refractivity contribution in [2.45, 2.75) is 39.2 Å². The van der Waals surface area contributed by atoms with Crippen LogP contribution in [0.5, 0.6) is 0 Å². The maximum Gasteiger partial charge on any atom is 0.136 e. The maximum atomic E-state index is 5.06.